The van der Waals surface area contributed by atoms with Crippen LogP contribution in [0.1, 0.15) is 11.4 Å². The summed E-state index contributed by atoms with van der Waals surface area (Å²) in [6.07, 6.45) is 0. The molecule has 0 bridgehead atoms. The summed E-state index contributed by atoms with van der Waals surface area (Å²) in [6.45, 7) is 3.42. The second kappa shape index (κ2) is 6.40. The summed E-state index contributed by atoms with van der Waals surface area (Å²) in [6, 6.07) is 7.27. The number of amides is 1. The number of thiazole rings is 1. The number of ether oxygens (including phenoxy) is 1. The van der Waals surface area contributed by atoms with Gasteiger partial charge >= 0.3 is 5.69 Å². The van der Waals surface area contributed by atoms with Crippen LogP contribution in [0.4, 0.5) is 5.13 Å². The zero-order valence-electron chi connectivity index (χ0n) is 13.5. The molecule has 124 valence electrons. The standard InChI is InChI=1S/C16H16N4O3S/c1-9-6-10(2)20(16(22)17-9)8-14(21)19-15-18-12-5-4-11(23-3)7-13(12)24-15/h4-7H,8H2,1-3H3,(H,18,19,21). The number of aromatic nitrogens is 3. The smallest absolute Gasteiger partial charge is 0.348 e. The van der Waals surface area contributed by atoms with E-state index >= 15 is 0 Å². The maximum Gasteiger partial charge on any atom is 0.348 e. The number of aryl methyl sites for hydroxylation is 2. The predicted octanol–water partition coefficient (Wildman–Crippen LogP) is 2.12. The molecule has 0 fully saturated rings. The van der Waals surface area contributed by atoms with Gasteiger partial charge < -0.3 is 10.1 Å². The minimum Gasteiger partial charge on any atom is -0.497 e. The third kappa shape index (κ3) is 3.28. The Balaban J connectivity index is 1.79. The fourth-order valence-electron chi connectivity index (χ4n) is 2.35. The van der Waals surface area contributed by atoms with Crippen LogP contribution in [-0.2, 0) is 11.3 Å². The highest BCUT2D eigenvalue weighted by atomic mass is 32.1. The topological polar surface area (TPSA) is 86.1 Å². The van der Waals surface area contributed by atoms with E-state index in [-0.39, 0.29) is 12.5 Å². The Morgan fingerprint density at radius 3 is 2.79 bits per heavy atom. The molecule has 2 aromatic heterocycles. The van der Waals surface area contributed by atoms with E-state index in [1.54, 1.807) is 27.0 Å². The Hall–Kier alpha value is -2.74. The van der Waals surface area contributed by atoms with Crippen LogP contribution in [0, 0.1) is 13.8 Å². The number of anilines is 1. The van der Waals surface area contributed by atoms with E-state index < -0.39 is 5.69 Å². The average Bonchev–Trinajstić information content (AvgIpc) is 2.91. The zero-order valence-corrected chi connectivity index (χ0v) is 14.3. The number of hydrogen-bond acceptors (Lipinski definition) is 6. The lowest BCUT2D eigenvalue weighted by atomic mass is 10.3. The molecule has 7 nitrogen and oxygen atoms in total. The van der Waals surface area contributed by atoms with Gasteiger partial charge in [-0.3, -0.25) is 9.36 Å². The van der Waals surface area contributed by atoms with Crippen LogP contribution in [0.3, 0.4) is 0 Å². The molecule has 0 spiro atoms. The summed E-state index contributed by atoms with van der Waals surface area (Å²) in [4.78, 5) is 32.3. The summed E-state index contributed by atoms with van der Waals surface area (Å²) in [5.41, 5.74) is 1.67. The first-order chi connectivity index (χ1) is 11.5. The first-order valence-electron chi connectivity index (χ1n) is 7.26. The van der Waals surface area contributed by atoms with Crippen LogP contribution < -0.4 is 15.7 Å². The van der Waals surface area contributed by atoms with Gasteiger partial charge in [0, 0.05) is 11.4 Å². The molecule has 0 aliphatic heterocycles. The van der Waals surface area contributed by atoms with Gasteiger partial charge in [0.05, 0.1) is 17.3 Å². The van der Waals surface area contributed by atoms with Crippen LogP contribution in [0.2, 0.25) is 0 Å². The predicted molar refractivity (Wildman–Crippen MR) is 92.8 cm³/mol. The lowest BCUT2D eigenvalue weighted by molar-refractivity contribution is -0.116. The van der Waals surface area contributed by atoms with Crippen LogP contribution in [0.15, 0.2) is 29.1 Å². The minimum atomic E-state index is -0.434. The molecule has 1 aromatic carbocycles. The Bertz CT molecular complexity index is 977. The molecule has 3 rings (SSSR count). The molecular weight excluding hydrogens is 328 g/mol. The Kier molecular flexibility index (Phi) is 4.30. The van der Waals surface area contributed by atoms with Crippen molar-refractivity contribution in [1.29, 1.82) is 0 Å². The summed E-state index contributed by atoms with van der Waals surface area (Å²) in [5.74, 6) is 0.411. The molecule has 1 amide bonds. The number of nitrogens with zero attached hydrogens (tertiary/aromatic N) is 3. The third-order valence-electron chi connectivity index (χ3n) is 3.49. The SMILES string of the molecule is COc1ccc2nc(NC(=O)Cn3c(C)cc(C)nc3=O)sc2c1. The van der Waals surface area contributed by atoms with Crippen molar-refractivity contribution in [2.75, 3.05) is 12.4 Å². The fraction of sp³-hybridized carbons (Fsp3) is 0.250. The van der Waals surface area contributed by atoms with Crippen LogP contribution in [0.5, 0.6) is 5.75 Å². The van der Waals surface area contributed by atoms with Gasteiger partial charge in [-0.05, 0) is 38.1 Å². The first-order valence-corrected chi connectivity index (χ1v) is 8.07. The van der Waals surface area contributed by atoms with E-state index in [1.165, 1.54) is 15.9 Å². The molecule has 0 aliphatic rings. The monoisotopic (exact) mass is 344 g/mol. The highest BCUT2D eigenvalue weighted by molar-refractivity contribution is 7.22. The van der Waals surface area contributed by atoms with Gasteiger partial charge in [0.25, 0.3) is 0 Å². The fourth-order valence-corrected chi connectivity index (χ4v) is 3.27. The third-order valence-corrected chi connectivity index (χ3v) is 4.42. The number of hydrogen-bond donors (Lipinski definition) is 1. The highest BCUT2D eigenvalue weighted by Gasteiger charge is 2.12. The summed E-state index contributed by atoms with van der Waals surface area (Å²) >= 11 is 1.35. The van der Waals surface area contributed by atoms with E-state index in [4.69, 9.17) is 4.74 Å². The molecule has 0 unspecified atom stereocenters. The highest BCUT2D eigenvalue weighted by Crippen LogP contribution is 2.29. The number of fused-ring (bicyclic) bond motifs is 1. The van der Waals surface area contributed by atoms with E-state index in [1.807, 2.05) is 18.2 Å². The molecule has 24 heavy (non-hydrogen) atoms. The van der Waals surface area contributed by atoms with Gasteiger partial charge in [-0.25, -0.2) is 9.78 Å². The van der Waals surface area contributed by atoms with Gasteiger partial charge in [-0.1, -0.05) is 11.3 Å². The number of carbonyl (C=O) groups is 1. The number of carbonyl (C=O) groups excluding carboxylic acids is 1. The maximum atomic E-state index is 12.2. The number of nitrogens with one attached hydrogen (secondary N) is 1. The normalized spacial score (nSPS) is 10.8. The van der Waals surface area contributed by atoms with Gasteiger partial charge in [-0.2, -0.15) is 4.98 Å². The summed E-state index contributed by atoms with van der Waals surface area (Å²) in [7, 11) is 1.60. The zero-order chi connectivity index (χ0) is 17.3. The molecular formula is C16H16N4O3S. The van der Waals surface area contributed by atoms with Crippen molar-refractivity contribution in [2.24, 2.45) is 0 Å². The molecule has 0 aliphatic carbocycles. The Labute approximate surface area is 141 Å². The lowest BCUT2D eigenvalue weighted by Crippen LogP contribution is -2.31. The van der Waals surface area contributed by atoms with E-state index in [2.05, 4.69) is 15.3 Å². The summed E-state index contributed by atoms with van der Waals surface area (Å²) in [5, 5.41) is 3.21. The first kappa shape index (κ1) is 16.1. The number of rotatable bonds is 4. The number of methoxy groups -OCH3 is 1. The maximum absolute atomic E-state index is 12.2. The molecule has 2 heterocycles. The van der Waals surface area contributed by atoms with Gasteiger partial charge in [0.15, 0.2) is 5.13 Å². The average molecular weight is 344 g/mol. The van der Waals surface area contributed by atoms with Crippen LogP contribution >= 0.6 is 11.3 Å². The Morgan fingerprint density at radius 1 is 1.29 bits per heavy atom. The van der Waals surface area contributed by atoms with Gasteiger partial charge in [-0.15, -0.1) is 0 Å². The largest absolute Gasteiger partial charge is 0.497 e. The van der Waals surface area contributed by atoms with Crippen molar-refractivity contribution in [2.45, 2.75) is 20.4 Å². The van der Waals surface area contributed by atoms with Crippen molar-refractivity contribution >= 4 is 32.6 Å². The van der Waals surface area contributed by atoms with E-state index in [9.17, 15) is 9.59 Å². The van der Waals surface area contributed by atoms with Crippen LogP contribution in [0.25, 0.3) is 10.2 Å². The second-order valence-corrected chi connectivity index (χ2v) is 6.34. The quantitative estimate of drug-likeness (QED) is 0.783. The molecule has 8 heteroatoms. The molecule has 0 atom stereocenters. The number of benzene rings is 1. The molecule has 0 saturated carbocycles. The van der Waals surface area contributed by atoms with Gasteiger partial charge in [0.1, 0.15) is 12.3 Å². The summed E-state index contributed by atoms with van der Waals surface area (Å²) < 4.78 is 7.42. The van der Waals surface area contributed by atoms with Crippen molar-refractivity contribution in [3.8, 4) is 5.75 Å². The Morgan fingerprint density at radius 2 is 2.08 bits per heavy atom. The van der Waals surface area contributed by atoms with Crippen molar-refractivity contribution < 1.29 is 9.53 Å². The van der Waals surface area contributed by atoms with Crippen molar-refractivity contribution in [1.82, 2.24) is 14.5 Å². The molecule has 0 saturated heterocycles. The molecule has 3 aromatic rings. The van der Waals surface area contributed by atoms with E-state index in [0.29, 0.717) is 16.5 Å². The molecule has 1 N–H and O–H groups in total. The van der Waals surface area contributed by atoms with Gasteiger partial charge in [0.2, 0.25) is 5.91 Å². The van der Waals surface area contributed by atoms with E-state index in [0.717, 1.165) is 16.0 Å². The molecule has 0 radical (unpaired) electrons. The van der Waals surface area contributed by atoms with Crippen molar-refractivity contribution in [3.05, 3.63) is 46.1 Å². The second-order valence-electron chi connectivity index (χ2n) is 5.31. The van der Waals surface area contributed by atoms with Crippen molar-refractivity contribution in [3.63, 3.8) is 0 Å². The van der Waals surface area contributed by atoms with Crippen LogP contribution in [-0.4, -0.2) is 27.6 Å². The lowest BCUT2D eigenvalue weighted by Gasteiger charge is -2.08. The minimum absolute atomic E-state index is 0.100.